The van der Waals surface area contributed by atoms with Crippen LogP contribution in [0.3, 0.4) is 0 Å². The van der Waals surface area contributed by atoms with Crippen molar-refractivity contribution in [1.29, 1.82) is 0 Å². The second-order valence-corrected chi connectivity index (χ2v) is 4.07. The number of ether oxygens (including phenoxy) is 1. The highest BCUT2D eigenvalue weighted by Gasteiger charge is 2.14. The van der Waals surface area contributed by atoms with E-state index in [1.807, 2.05) is 0 Å². The van der Waals surface area contributed by atoms with Gasteiger partial charge in [0.25, 0.3) is 0 Å². The largest absolute Gasteiger partial charge is 0.508 e. The van der Waals surface area contributed by atoms with Gasteiger partial charge in [0.15, 0.2) is 11.6 Å². The van der Waals surface area contributed by atoms with E-state index < -0.39 is 5.82 Å². The fourth-order valence-corrected chi connectivity index (χ4v) is 1.86. The standard InChI is InChI=1S/C12H16FNO2/c13-11-7-10(15)4-5-12(11)16-8-9-3-1-2-6-14-9/h4-5,7,9,14-15H,1-3,6,8H2. The summed E-state index contributed by atoms with van der Waals surface area (Å²) in [7, 11) is 0. The summed E-state index contributed by atoms with van der Waals surface area (Å²) in [5, 5.41) is 12.4. The number of halogens is 1. The molecule has 88 valence electrons. The number of hydrogen-bond donors (Lipinski definition) is 2. The van der Waals surface area contributed by atoms with E-state index in [4.69, 9.17) is 9.84 Å². The predicted molar refractivity (Wildman–Crippen MR) is 59.2 cm³/mol. The van der Waals surface area contributed by atoms with E-state index in [-0.39, 0.29) is 11.5 Å². The molecule has 1 aliphatic rings. The first-order valence-corrected chi connectivity index (χ1v) is 5.60. The molecular weight excluding hydrogens is 209 g/mol. The van der Waals surface area contributed by atoms with Gasteiger partial charge < -0.3 is 15.2 Å². The molecule has 0 aliphatic carbocycles. The zero-order valence-electron chi connectivity index (χ0n) is 9.08. The van der Waals surface area contributed by atoms with Crippen LogP contribution in [0.15, 0.2) is 18.2 Å². The van der Waals surface area contributed by atoms with Crippen molar-refractivity contribution < 1.29 is 14.2 Å². The molecule has 1 aromatic rings. The molecule has 1 unspecified atom stereocenters. The van der Waals surface area contributed by atoms with Gasteiger partial charge in [0.05, 0.1) is 0 Å². The lowest BCUT2D eigenvalue weighted by molar-refractivity contribution is 0.230. The Bertz CT molecular complexity index is 351. The Balaban J connectivity index is 1.88. The third-order valence-electron chi connectivity index (χ3n) is 2.77. The summed E-state index contributed by atoms with van der Waals surface area (Å²) >= 11 is 0. The van der Waals surface area contributed by atoms with Crippen LogP contribution in [0.4, 0.5) is 4.39 Å². The van der Waals surface area contributed by atoms with Crippen LogP contribution < -0.4 is 10.1 Å². The quantitative estimate of drug-likeness (QED) is 0.827. The van der Waals surface area contributed by atoms with Gasteiger partial charge in [0, 0.05) is 12.1 Å². The molecule has 0 spiro atoms. The van der Waals surface area contributed by atoms with E-state index >= 15 is 0 Å². The lowest BCUT2D eigenvalue weighted by Crippen LogP contribution is -2.38. The minimum absolute atomic E-state index is 0.0827. The van der Waals surface area contributed by atoms with E-state index in [9.17, 15) is 4.39 Å². The predicted octanol–water partition coefficient (Wildman–Crippen LogP) is 2.05. The van der Waals surface area contributed by atoms with Crippen molar-refractivity contribution in [3.63, 3.8) is 0 Å². The summed E-state index contributed by atoms with van der Waals surface area (Å²) in [5.74, 6) is -0.401. The Morgan fingerprint density at radius 2 is 2.31 bits per heavy atom. The number of benzene rings is 1. The van der Waals surface area contributed by atoms with E-state index in [1.165, 1.54) is 25.0 Å². The lowest BCUT2D eigenvalue weighted by atomic mass is 10.1. The SMILES string of the molecule is Oc1ccc(OCC2CCCCN2)c(F)c1. The summed E-state index contributed by atoms with van der Waals surface area (Å²) in [6.45, 7) is 1.48. The van der Waals surface area contributed by atoms with Crippen LogP contribution in [-0.4, -0.2) is 24.3 Å². The summed E-state index contributed by atoms with van der Waals surface area (Å²) in [5.41, 5.74) is 0. The zero-order valence-corrected chi connectivity index (χ0v) is 9.08. The maximum Gasteiger partial charge on any atom is 0.168 e. The van der Waals surface area contributed by atoms with Gasteiger partial charge in [-0.1, -0.05) is 6.42 Å². The van der Waals surface area contributed by atoms with Crippen LogP contribution in [0.2, 0.25) is 0 Å². The fraction of sp³-hybridized carbons (Fsp3) is 0.500. The third kappa shape index (κ3) is 2.85. The molecule has 16 heavy (non-hydrogen) atoms. The Morgan fingerprint density at radius 3 is 3.00 bits per heavy atom. The number of phenols is 1. The smallest absolute Gasteiger partial charge is 0.168 e. The lowest BCUT2D eigenvalue weighted by Gasteiger charge is -2.23. The summed E-state index contributed by atoms with van der Waals surface area (Å²) in [6, 6.07) is 4.24. The maximum absolute atomic E-state index is 13.3. The van der Waals surface area contributed by atoms with E-state index in [2.05, 4.69) is 5.32 Å². The van der Waals surface area contributed by atoms with Gasteiger partial charge in [-0.25, -0.2) is 4.39 Å². The Kier molecular flexibility index (Phi) is 3.62. The first-order valence-electron chi connectivity index (χ1n) is 5.60. The van der Waals surface area contributed by atoms with Crippen LogP contribution in [-0.2, 0) is 0 Å². The molecule has 0 saturated carbocycles. The monoisotopic (exact) mass is 225 g/mol. The van der Waals surface area contributed by atoms with Gasteiger partial charge in [-0.15, -0.1) is 0 Å². The minimum Gasteiger partial charge on any atom is -0.508 e. The normalized spacial score (nSPS) is 20.7. The second-order valence-electron chi connectivity index (χ2n) is 4.07. The van der Waals surface area contributed by atoms with Gasteiger partial charge in [0.1, 0.15) is 12.4 Å². The molecule has 1 fully saturated rings. The molecule has 0 aromatic heterocycles. The molecule has 2 rings (SSSR count). The summed E-state index contributed by atoms with van der Waals surface area (Å²) < 4.78 is 18.7. The van der Waals surface area contributed by atoms with Crippen molar-refractivity contribution in [3.05, 3.63) is 24.0 Å². The van der Waals surface area contributed by atoms with E-state index in [0.29, 0.717) is 12.6 Å². The Morgan fingerprint density at radius 1 is 1.44 bits per heavy atom. The number of aromatic hydroxyl groups is 1. The van der Waals surface area contributed by atoms with Gasteiger partial charge in [-0.05, 0) is 31.5 Å². The molecule has 3 nitrogen and oxygen atoms in total. The van der Waals surface area contributed by atoms with Crippen LogP contribution in [0, 0.1) is 5.82 Å². The average Bonchev–Trinajstić information content (AvgIpc) is 2.29. The van der Waals surface area contributed by atoms with Gasteiger partial charge in [-0.3, -0.25) is 0 Å². The van der Waals surface area contributed by atoms with E-state index in [0.717, 1.165) is 19.0 Å². The molecule has 1 atom stereocenters. The van der Waals surface area contributed by atoms with Crippen LogP contribution in [0.25, 0.3) is 0 Å². The van der Waals surface area contributed by atoms with Crippen LogP contribution in [0.5, 0.6) is 11.5 Å². The van der Waals surface area contributed by atoms with Crippen molar-refractivity contribution in [2.45, 2.75) is 25.3 Å². The molecule has 1 aliphatic heterocycles. The van der Waals surface area contributed by atoms with Crippen molar-refractivity contribution in [1.82, 2.24) is 5.32 Å². The molecule has 2 N–H and O–H groups in total. The van der Waals surface area contributed by atoms with Crippen molar-refractivity contribution in [3.8, 4) is 11.5 Å². The molecule has 4 heteroatoms. The van der Waals surface area contributed by atoms with Crippen molar-refractivity contribution >= 4 is 0 Å². The molecular formula is C12H16FNO2. The number of rotatable bonds is 3. The molecule has 1 saturated heterocycles. The Labute approximate surface area is 94.2 Å². The summed E-state index contributed by atoms with van der Waals surface area (Å²) in [4.78, 5) is 0. The second kappa shape index (κ2) is 5.16. The highest BCUT2D eigenvalue weighted by atomic mass is 19.1. The van der Waals surface area contributed by atoms with Crippen molar-refractivity contribution in [2.75, 3.05) is 13.2 Å². The Hall–Kier alpha value is -1.29. The summed E-state index contributed by atoms with van der Waals surface area (Å²) in [6.07, 6.45) is 3.46. The molecule has 0 amide bonds. The first-order chi connectivity index (χ1) is 7.75. The number of hydrogen-bond acceptors (Lipinski definition) is 3. The van der Waals surface area contributed by atoms with Gasteiger partial charge in [-0.2, -0.15) is 0 Å². The van der Waals surface area contributed by atoms with Gasteiger partial charge >= 0.3 is 0 Å². The molecule has 1 heterocycles. The van der Waals surface area contributed by atoms with Crippen LogP contribution in [0.1, 0.15) is 19.3 Å². The number of nitrogens with one attached hydrogen (secondary N) is 1. The minimum atomic E-state index is -0.518. The van der Waals surface area contributed by atoms with Crippen LogP contribution >= 0.6 is 0 Å². The molecule has 0 bridgehead atoms. The zero-order chi connectivity index (χ0) is 11.4. The first kappa shape index (κ1) is 11.2. The highest BCUT2D eigenvalue weighted by molar-refractivity contribution is 5.32. The topological polar surface area (TPSA) is 41.5 Å². The highest BCUT2D eigenvalue weighted by Crippen LogP contribution is 2.22. The fourth-order valence-electron chi connectivity index (χ4n) is 1.86. The number of piperidine rings is 1. The molecule has 1 aromatic carbocycles. The van der Waals surface area contributed by atoms with Gasteiger partial charge in [0.2, 0.25) is 0 Å². The average molecular weight is 225 g/mol. The molecule has 0 radical (unpaired) electrons. The number of phenolic OH excluding ortho intramolecular Hbond substituents is 1. The third-order valence-corrected chi connectivity index (χ3v) is 2.77. The maximum atomic E-state index is 13.3. The van der Waals surface area contributed by atoms with Crippen molar-refractivity contribution in [2.24, 2.45) is 0 Å². The van der Waals surface area contributed by atoms with E-state index in [1.54, 1.807) is 0 Å².